The van der Waals surface area contributed by atoms with Gasteiger partial charge in [-0.25, -0.2) is 0 Å². The highest BCUT2D eigenvalue weighted by atomic mass is 16.5. The van der Waals surface area contributed by atoms with Crippen molar-refractivity contribution in [2.45, 2.75) is 96.2 Å². The van der Waals surface area contributed by atoms with Gasteiger partial charge in [-0.05, 0) is 59.0 Å². The van der Waals surface area contributed by atoms with Gasteiger partial charge in [0.2, 0.25) is 0 Å². The normalized spacial score (nSPS) is 38.0. The van der Waals surface area contributed by atoms with Crippen LogP contribution < -0.4 is 0 Å². The molecule has 2 heterocycles. The van der Waals surface area contributed by atoms with Crippen LogP contribution in [0.2, 0.25) is 0 Å². The molecule has 27 heavy (non-hydrogen) atoms. The minimum atomic E-state index is -1.21. The summed E-state index contributed by atoms with van der Waals surface area (Å²) in [5.74, 6) is -0.402. The van der Waals surface area contributed by atoms with Crippen LogP contribution in [0.3, 0.4) is 0 Å². The smallest absolute Gasteiger partial charge is 0.303 e. The second kappa shape index (κ2) is 8.29. The van der Waals surface area contributed by atoms with E-state index in [0.717, 1.165) is 23.1 Å². The van der Waals surface area contributed by atoms with Crippen molar-refractivity contribution < 1.29 is 24.5 Å². The van der Waals surface area contributed by atoms with Crippen LogP contribution in [0, 0.1) is 0 Å². The molecule has 2 N–H and O–H groups in total. The van der Waals surface area contributed by atoms with E-state index in [-0.39, 0.29) is 12.5 Å². The van der Waals surface area contributed by atoms with E-state index in [9.17, 15) is 15.0 Å². The van der Waals surface area contributed by atoms with Crippen LogP contribution in [0.1, 0.15) is 66.7 Å². The molecule has 2 aliphatic heterocycles. The fourth-order valence-corrected chi connectivity index (χ4v) is 3.95. The number of hydrogen-bond acceptors (Lipinski definition) is 5. The Morgan fingerprint density at radius 2 is 1.81 bits per heavy atom. The Bertz CT molecular complexity index is 641. The van der Waals surface area contributed by atoms with Gasteiger partial charge in [0.05, 0.1) is 23.4 Å². The summed E-state index contributed by atoms with van der Waals surface area (Å²) in [6, 6.07) is 0. The maximum atomic E-state index is 11.7. The minimum Gasteiger partial charge on any atom is -0.458 e. The van der Waals surface area contributed by atoms with Crippen molar-refractivity contribution in [3.63, 3.8) is 0 Å². The molecular weight excluding hydrogens is 344 g/mol. The van der Waals surface area contributed by atoms with E-state index in [2.05, 4.69) is 6.58 Å². The number of fused-ring (bicyclic) bond motifs is 2. The highest BCUT2D eigenvalue weighted by Gasteiger charge is 2.46. The third-order valence-electron chi connectivity index (χ3n) is 5.72. The van der Waals surface area contributed by atoms with Crippen LogP contribution in [0.15, 0.2) is 35.5 Å². The number of carbonyl (C=O) groups is 1. The number of carbonyl (C=O) groups excluding carboxylic acids is 1. The van der Waals surface area contributed by atoms with Crippen LogP contribution in [0.25, 0.3) is 0 Å². The van der Waals surface area contributed by atoms with Crippen molar-refractivity contribution >= 4 is 5.97 Å². The van der Waals surface area contributed by atoms with E-state index in [1.807, 2.05) is 26.0 Å². The van der Waals surface area contributed by atoms with E-state index in [4.69, 9.17) is 9.47 Å². The first-order chi connectivity index (χ1) is 12.4. The summed E-state index contributed by atoms with van der Waals surface area (Å²) >= 11 is 0. The molecule has 1 saturated heterocycles. The summed E-state index contributed by atoms with van der Waals surface area (Å²) in [5.41, 5.74) is 0.615. The predicted octanol–water partition coefficient (Wildman–Crippen LogP) is 3.60. The number of ether oxygens (including phenoxy) is 2. The fourth-order valence-electron chi connectivity index (χ4n) is 3.95. The highest BCUT2D eigenvalue weighted by molar-refractivity contribution is 5.66. The zero-order chi connectivity index (χ0) is 20.4. The Kier molecular flexibility index (Phi) is 6.72. The second-order valence-electron chi connectivity index (χ2n) is 8.62. The molecule has 5 nitrogen and oxygen atoms in total. The third-order valence-corrected chi connectivity index (χ3v) is 5.72. The molecular formula is C22H34O5. The molecule has 2 aliphatic rings. The van der Waals surface area contributed by atoms with Crippen molar-refractivity contribution in [2.24, 2.45) is 0 Å². The van der Waals surface area contributed by atoms with Gasteiger partial charge in [0.25, 0.3) is 0 Å². The van der Waals surface area contributed by atoms with Crippen LogP contribution in [-0.2, 0) is 14.3 Å². The van der Waals surface area contributed by atoms with Crippen molar-refractivity contribution in [2.75, 3.05) is 0 Å². The second-order valence-corrected chi connectivity index (χ2v) is 8.62. The number of esters is 1. The van der Waals surface area contributed by atoms with Gasteiger partial charge < -0.3 is 19.7 Å². The molecule has 0 aliphatic carbocycles. The SMILES string of the molecule is C=C(C)C1=CC=C(C)CCC2OC(CCC2(C)O)C(C)(O)CC1OC(C)=O. The van der Waals surface area contributed by atoms with Crippen LogP contribution in [-0.4, -0.2) is 45.7 Å². The van der Waals surface area contributed by atoms with Crippen LogP contribution in [0.5, 0.6) is 0 Å². The molecule has 5 heteroatoms. The molecule has 0 aromatic carbocycles. The van der Waals surface area contributed by atoms with E-state index in [1.54, 1.807) is 13.8 Å². The molecule has 0 amide bonds. The Morgan fingerprint density at radius 1 is 1.19 bits per heavy atom. The quantitative estimate of drug-likeness (QED) is 0.718. The zero-order valence-electron chi connectivity index (χ0n) is 17.2. The number of aliphatic hydroxyl groups is 2. The average molecular weight is 379 g/mol. The molecule has 0 spiro atoms. The maximum Gasteiger partial charge on any atom is 0.303 e. The molecule has 5 atom stereocenters. The van der Waals surface area contributed by atoms with Gasteiger partial charge in [0, 0.05) is 13.3 Å². The van der Waals surface area contributed by atoms with Gasteiger partial charge in [-0.15, -0.1) is 0 Å². The monoisotopic (exact) mass is 378 g/mol. The lowest BCUT2D eigenvalue weighted by Crippen LogP contribution is -2.55. The first-order valence-corrected chi connectivity index (χ1v) is 9.73. The van der Waals surface area contributed by atoms with E-state index in [1.165, 1.54) is 6.92 Å². The van der Waals surface area contributed by atoms with Crippen LogP contribution in [0.4, 0.5) is 0 Å². The zero-order valence-corrected chi connectivity index (χ0v) is 17.2. The topological polar surface area (TPSA) is 76.0 Å². The van der Waals surface area contributed by atoms with E-state index < -0.39 is 29.4 Å². The first-order valence-electron chi connectivity index (χ1n) is 9.73. The minimum absolute atomic E-state index is 0.206. The molecule has 0 aromatic heterocycles. The van der Waals surface area contributed by atoms with Crippen molar-refractivity contribution in [3.8, 4) is 0 Å². The molecule has 5 unspecified atom stereocenters. The maximum absolute atomic E-state index is 11.7. The Morgan fingerprint density at radius 3 is 2.41 bits per heavy atom. The van der Waals surface area contributed by atoms with Gasteiger partial charge in [-0.3, -0.25) is 4.79 Å². The van der Waals surface area contributed by atoms with Gasteiger partial charge in [-0.1, -0.05) is 29.9 Å². The van der Waals surface area contributed by atoms with Crippen molar-refractivity contribution in [3.05, 3.63) is 35.5 Å². The summed E-state index contributed by atoms with van der Waals surface area (Å²) in [5, 5.41) is 21.9. The van der Waals surface area contributed by atoms with Gasteiger partial charge in [0.1, 0.15) is 6.10 Å². The molecule has 1 fully saturated rings. The lowest BCUT2D eigenvalue weighted by molar-refractivity contribution is -0.219. The van der Waals surface area contributed by atoms with Gasteiger partial charge >= 0.3 is 5.97 Å². The molecule has 152 valence electrons. The highest BCUT2D eigenvalue weighted by Crippen LogP contribution is 2.38. The van der Waals surface area contributed by atoms with Crippen LogP contribution >= 0.6 is 0 Å². The summed E-state index contributed by atoms with van der Waals surface area (Å²) in [6.45, 7) is 12.8. The lowest BCUT2D eigenvalue weighted by Gasteiger charge is -2.46. The summed E-state index contributed by atoms with van der Waals surface area (Å²) in [4.78, 5) is 11.7. The largest absolute Gasteiger partial charge is 0.458 e. The standard InChI is InChI=1S/C22H34O5/c1-14(2)17-9-7-15(3)8-10-19-21(5,24)12-11-20(27-19)22(6,25)13-18(17)26-16(4)23/h7,9,18-20,24-25H,1,8,10-13H2,2-6H3. The fraction of sp³-hybridized carbons (Fsp3) is 0.682. The number of hydrogen-bond donors (Lipinski definition) is 2. The predicted molar refractivity (Wildman–Crippen MR) is 105 cm³/mol. The van der Waals surface area contributed by atoms with Gasteiger partial charge in [-0.2, -0.15) is 0 Å². The molecule has 2 rings (SSSR count). The lowest BCUT2D eigenvalue weighted by atomic mass is 9.79. The number of rotatable bonds is 2. The summed E-state index contributed by atoms with van der Waals surface area (Å²) in [6.07, 6.45) is 5.30. The molecule has 0 radical (unpaired) electrons. The molecule has 2 bridgehead atoms. The average Bonchev–Trinajstić information content (AvgIpc) is 2.51. The third kappa shape index (κ3) is 5.53. The van der Waals surface area contributed by atoms with Crippen molar-refractivity contribution in [1.29, 1.82) is 0 Å². The van der Waals surface area contributed by atoms with Gasteiger partial charge in [0.15, 0.2) is 0 Å². The Balaban J connectivity index is 2.46. The van der Waals surface area contributed by atoms with E-state index in [0.29, 0.717) is 19.3 Å². The number of allylic oxidation sites excluding steroid dienone is 3. The molecule has 0 aromatic rings. The summed E-state index contributed by atoms with van der Waals surface area (Å²) < 4.78 is 11.7. The van der Waals surface area contributed by atoms with Crippen molar-refractivity contribution in [1.82, 2.24) is 0 Å². The Hall–Kier alpha value is -1.43. The molecule has 0 saturated carbocycles. The first kappa shape index (κ1) is 21.9. The van der Waals surface area contributed by atoms with E-state index >= 15 is 0 Å². The Labute approximate surface area is 162 Å². The summed E-state index contributed by atoms with van der Waals surface area (Å²) in [7, 11) is 0.